The minimum atomic E-state index is 0.0957. The Hall–Kier alpha value is -0.610. The van der Waals surface area contributed by atoms with Crippen molar-refractivity contribution >= 4 is 5.91 Å². The molecule has 2 bridgehead atoms. The normalized spacial score (nSPS) is 40.9. The molecular weight excluding hydrogens is 180 g/mol. The maximum atomic E-state index is 12.0. The minimum Gasteiger partial charge on any atom is -0.377 e. The molecule has 3 saturated heterocycles. The third-order valence-electron chi connectivity index (χ3n) is 3.56. The molecule has 3 fully saturated rings. The number of hydrogen-bond acceptors (Lipinski definition) is 3. The molecule has 3 aliphatic rings. The highest BCUT2D eigenvalue weighted by Crippen LogP contribution is 2.32. The lowest BCUT2D eigenvalue weighted by Crippen LogP contribution is -2.68. The molecule has 0 radical (unpaired) electrons. The summed E-state index contributed by atoms with van der Waals surface area (Å²) in [4.78, 5) is 14.1. The van der Waals surface area contributed by atoms with E-state index in [1.807, 2.05) is 4.90 Å². The lowest BCUT2D eigenvalue weighted by Gasteiger charge is -2.53. The molecule has 0 saturated carbocycles. The fourth-order valence-electron chi connectivity index (χ4n) is 2.77. The van der Waals surface area contributed by atoms with E-state index in [1.54, 1.807) is 0 Å². The number of nitrogens with one attached hydrogen (secondary N) is 1. The zero-order valence-electron chi connectivity index (χ0n) is 8.24. The second-order valence-electron chi connectivity index (χ2n) is 4.48. The number of fused-ring (bicyclic) bond motifs is 2. The third-order valence-corrected chi connectivity index (χ3v) is 3.56. The van der Waals surface area contributed by atoms with Crippen LogP contribution < -0.4 is 5.32 Å². The van der Waals surface area contributed by atoms with Gasteiger partial charge in [-0.25, -0.2) is 0 Å². The zero-order valence-corrected chi connectivity index (χ0v) is 8.24. The summed E-state index contributed by atoms with van der Waals surface area (Å²) >= 11 is 0. The first kappa shape index (κ1) is 8.68. The summed E-state index contributed by atoms with van der Waals surface area (Å²) in [6.07, 6.45) is 3.30. The van der Waals surface area contributed by atoms with Gasteiger partial charge in [-0.3, -0.25) is 4.79 Å². The quantitative estimate of drug-likeness (QED) is 0.628. The second-order valence-corrected chi connectivity index (χ2v) is 4.48. The van der Waals surface area contributed by atoms with Gasteiger partial charge < -0.3 is 15.0 Å². The van der Waals surface area contributed by atoms with Crippen LogP contribution >= 0.6 is 0 Å². The second kappa shape index (κ2) is 3.21. The molecular formula is C10H16N2O2. The van der Waals surface area contributed by atoms with Crippen molar-refractivity contribution in [3.8, 4) is 0 Å². The Morgan fingerprint density at radius 3 is 2.71 bits per heavy atom. The van der Waals surface area contributed by atoms with Gasteiger partial charge in [0.1, 0.15) is 0 Å². The van der Waals surface area contributed by atoms with Gasteiger partial charge in [-0.2, -0.15) is 0 Å². The molecule has 3 heterocycles. The molecule has 0 aliphatic carbocycles. The molecule has 78 valence electrons. The molecule has 3 rings (SSSR count). The average molecular weight is 196 g/mol. The van der Waals surface area contributed by atoms with Gasteiger partial charge in [0, 0.05) is 0 Å². The molecule has 3 aliphatic heterocycles. The zero-order chi connectivity index (χ0) is 9.54. The summed E-state index contributed by atoms with van der Waals surface area (Å²) in [5.41, 5.74) is 0. The minimum absolute atomic E-state index is 0.0957. The Kier molecular flexibility index (Phi) is 1.99. The van der Waals surface area contributed by atoms with Crippen molar-refractivity contribution in [1.82, 2.24) is 10.2 Å². The van der Waals surface area contributed by atoms with Crippen molar-refractivity contribution < 1.29 is 9.53 Å². The largest absolute Gasteiger partial charge is 0.377 e. The van der Waals surface area contributed by atoms with Crippen molar-refractivity contribution in [2.24, 2.45) is 0 Å². The molecule has 4 heteroatoms. The molecule has 4 nitrogen and oxygen atoms in total. The average Bonchev–Trinajstić information content (AvgIpc) is 2.71. The summed E-state index contributed by atoms with van der Waals surface area (Å²) in [5.74, 6) is 0.312. The lowest BCUT2D eigenvalue weighted by molar-refractivity contribution is -0.169. The smallest absolute Gasteiger partial charge is 0.240 e. The van der Waals surface area contributed by atoms with Crippen molar-refractivity contribution in [3.63, 3.8) is 0 Å². The molecule has 1 amide bonds. The summed E-state index contributed by atoms with van der Waals surface area (Å²) < 4.78 is 5.36. The van der Waals surface area contributed by atoms with E-state index in [-0.39, 0.29) is 6.04 Å². The number of morpholine rings is 1. The summed E-state index contributed by atoms with van der Waals surface area (Å²) in [6.45, 7) is 2.49. The molecule has 14 heavy (non-hydrogen) atoms. The predicted molar refractivity (Wildman–Crippen MR) is 50.9 cm³/mol. The van der Waals surface area contributed by atoms with Crippen LogP contribution in [0.1, 0.15) is 19.3 Å². The van der Waals surface area contributed by atoms with Gasteiger partial charge in [0.25, 0.3) is 0 Å². The molecule has 0 aromatic rings. The van der Waals surface area contributed by atoms with Gasteiger partial charge in [-0.1, -0.05) is 0 Å². The van der Waals surface area contributed by atoms with Crippen LogP contribution in [0.2, 0.25) is 0 Å². The predicted octanol–water partition coefficient (Wildman–Crippen LogP) is -0.262. The van der Waals surface area contributed by atoms with Gasteiger partial charge in [0.05, 0.1) is 31.3 Å². The van der Waals surface area contributed by atoms with Gasteiger partial charge in [0.15, 0.2) is 0 Å². The van der Waals surface area contributed by atoms with Crippen LogP contribution in [0.4, 0.5) is 0 Å². The van der Waals surface area contributed by atoms with E-state index in [1.165, 1.54) is 0 Å². The highest BCUT2D eigenvalue weighted by molar-refractivity contribution is 5.83. The summed E-state index contributed by atoms with van der Waals surface area (Å²) in [7, 11) is 0. The van der Waals surface area contributed by atoms with E-state index in [0.717, 1.165) is 39.0 Å². The summed E-state index contributed by atoms with van der Waals surface area (Å²) in [6, 6.07) is 0.852. The Bertz CT molecular complexity index is 237. The van der Waals surface area contributed by atoms with E-state index in [2.05, 4.69) is 5.32 Å². The van der Waals surface area contributed by atoms with Crippen LogP contribution in [0.25, 0.3) is 0 Å². The van der Waals surface area contributed by atoms with Crippen molar-refractivity contribution in [2.75, 3.05) is 19.8 Å². The maximum Gasteiger partial charge on any atom is 0.240 e. The Morgan fingerprint density at radius 2 is 2.14 bits per heavy atom. The first-order valence-electron chi connectivity index (χ1n) is 5.49. The molecule has 0 aromatic heterocycles. The number of ether oxygens (including phenoxy) is 1. The Labute approximate surface area is 83.6 Å². The fraction of sp³-hybridized carbons (Fsp3) is 0.900. The number of nitrogens with zero attached hydrogens (tertiary/aromatic N) is 1. The molecule has 0 spiro atoms. The van der Waals surface area contributed by atoms with Gasteiger partial charge in [0.2, 0.25) is 5.91 Å². The van der Waals surface area contributed by atoms with E-state index in [4.69, 9.17) is 4.74 Å². The van der Waals surface area contributed by atoms with Crippen LogP contribution in [-0.4, -0.2) is 48.7 Å². The first-order chi connectivity index (χ1) is 6.86. The van der Waals surface area contributed by atoms with E-state index < -0.39 is 0 Å². The number of amides is 1. The Morgan fingerprint density at radius 1 is 1.36 bits per heavy atom. The van der Waals surface area contributed by atoms with Crippen molar-refractivity contribution in [1.29, 1.82) is 0 Å². The van der Waals surface area contributed by atoms with Crippen LogP contribution in [-0.2, 0) is 9.53 Å². The number of carbonyl (C=O) groups is 1. The van der Waals surface area contributed by atoms with Gasteiger partial charge in [-0.15, -0.1) is 0 Å². The number of rotatable bonds is 1. The summed E-state index contributed by atoms with van der Waals surface area (Å²) in [5, 5.41) is 3.26. The van der Waals surface area contributed by atoms with Gasteiger partial charge in [-0.05, 0) is 25.8 Å². The van der Waals surface area contributed by atoms with Crippen LogP contribution in [0.5, 0.6) is 0 Å². The maximum absolute atomic E-state index is 12.0. The standard InChI is InChI=1S/C10H16N2O2/c13-10(9-2-1-3-11-9)12-7-4-8(12)6-14-5-7/h7-9,11H,1-6H2/t7-,8-,9+/m1/s1. The number of carbonyl (C=O) groups excluding carboxylic acids is 1. The van der Waals surface area contributed by atoms with Crippen LogP contribution in [0.3, 0.4) is 0 Å². The molecule has 3 atom stereocenters. The highest BCUT2D eigenvalue weighted by Gasteiger charge is 2.46. The first-order valence-corrected chi connectivity index (χ1v) is 5.49. The fourth-order valence-corrected chi connectivity index (χ4v) is 2.77. The monoisotopic (exact) mass is 196 g/mol. The lowest BCUT2D eigenvalue weighted by atomic mass is 9.90. The van der Waals surface area contributed by atoms with Crippen LogP contribution in [0.15, 0.2) is 0 Å². The Balaban J connectivity index is 1.67. The molecule has 1 N–H and O–H groups in total. The topological polar surface area (TPSA) is 41.6 Å². The number of hydrogen-bond donors (Lipinski definition) is 1. The molecule has 0 aromatic carbocycles. The van der Waals surface area contributed by atoms with E-state index >= 15 is 0 Å². The van der Waals surface area contributed by atoms with Crippen molar-refractivity contribution in [2.45, 2.75) is 37.4 Å². The van der Waals surface area contributed by atoms with E-state index in [0.29, 0.717) is 18.0 Å². The van der Waals surface area contributed by atoms with E-state index in [9.17, 15) is 4.79 Å². The van der Waals surface area contributed by atoms with Gasteiger partial charge >= 0.3 is 0 Å². The van der Waals surface area contributed by atoms with Crippen LogP contribution in [0, 0.1) is 0 Å². The van der Waals surface area contributed by atoms with Crippen molar-refractivity contribution in [3.05, 3.63) is 0 Å². The highest BCUT2D eigenvalue weighted by atomic mass is 16.5. The molecule has 0 unspecified atom stereocenters. The SMILES string of the molecule is O=C([C@@H]1CCCN1)N1[C@H]2COC[C@H]1C2. The third kappa shape index (κ3) is 1.17.